The molecule has 2 aromatic carbocycles. The molecule has 4 nitrogen and oxygen atoms in total. The molecule has 2 rings (SSSR count). The van der Waals surface area contributed by atoms with Crippen molar-refractivity contribution < 1.29 is 14.0 Å². The predicted molar refractivity (Wildman–Crippen MR) is 88.8 cm³/mol. The van der Waals surface area contributed by atoms with Crippen molar-refractivity contribution in [2.45, 2.75) is 0 Å². The van der Waals surface area contributed by atoms with E-state index in [1.807, 2.05) is 0 Å². The highest BCUT2D eigenvalue weighted by Crippen LogP contribution is 2.24. The van der Waals surface area contributed by atoms with E-state index in [0.717, 1.165) is 12.1 Å². The largest absolute Gasteiger partial charge is 0.343 e. The van der Waals surface area contributed by atoms with Crippen molar-refractivity contribution in [3.63, 3.8) is 0 Å². The van der Waals surface area contributed by atoms with Gasteiger partial charge in [-0.25, -0.2) is 4.39 Å². The van der Waals surface area contributed by atoms with Gasteiger partial charge in [0.05, 0.1) is 22.2 Å². The molecule has 0 aromatic heterocycles. The Morgan fingerprint density at radius 3 is 2.30 bits per heavy atom. The van der Waals surface area contributed by atoms with Crippen molar-refractivity contribution in [3.05, 3.63) is 62.8 Å². The van der Waals surface area contributed by atoms with E-state index >= 15 is 0 Å². The molecule has 0 radical (unpaired) electrons. The van der Waals surface area contributed by atoms with E-state index in [4.69, 9.17) is 34.8 Å². The second-order valence-electron chi connectivity index (χ2n) is 4.48. The van der Waals surface area contributed by atoms with Gasteiger partial charge in [0.25, 0.3) is 5.91 Å². The van der Waals surface area contributed by atoms with Gasteiger partial charge in [-0.3, -0.25) is 9.59 Å². The van der Waals surface area contributed by atoms with Crippen LogP contribution < -0.4 is 10.6 Å². The van der Waals surface area contributed by atoms with E-state index in [0.29, 0.717) is 10.7 Å². The van der Waals surface area contributed by atoms with Crippen LogP contribution in [0.4, 0.5) is 10.1 Å². The lowest BCUT2D eigenvalue weighted by Crippen LogP contribution is -2.33. The molecule has 0 aliphatic heterocycles. The smallest absolute Gasteiger partial charge is 0.253 e. The third-order valence-electron chi connectivity index (χ3n) is 2.79. The Balaban J connectivity index is 1.95. The first-order chi connectivity index (χ1) is 10.9. The van der Waals surface area contributed by atoms with E-state index in [9.17, 15) is 14.0 Å². The summed E-state index contributed by atoms with van der Waals surface area (Å²) in [5.74, 6) is -1.91. The standard InChI is InChI=1S/C15H10Cl3FN2O2/c16-8-1-3-9(4-2-8)21-14(22)7-20-15(23)10-5-13(19)12(18)6-11(10)17/h1-6H,7H2,(H,20,23)(H,21,22). The molecule has 0 saturated heterocycles. The van der Waals surface area contributed by atoms with Crippen molar-refractivity contribution in [2.75, 3.05) is 11.9 Å². The highest BCUT2D eigenvalue weighted by atomic mass is 35.5. The number of rotatable bonds is 4. The fourth-order valence-electron chi connectivity index (χ4n) is 1.69. The minimum absolute atomic E-state index is 0.00740. The van der Waals surface area contributed by atoms with Crippen LogP contribution in [0, 0.1) is 5.82 Å². The summed E-state index contributed by atoms with van der Waals surface area (Å²) >= 11 is 17.1. The van der Waals surface area contributed by atoms with Crippen molar-refractivity contribution >= 4 is 52.3 Å². The van der Waals surface area contributed by atoms with Crippen LogP contribution in [-0.4, -0.2) is 18.4 Å². The van der Waals surface area contributed by atoms with Crippen molar-refractivity contribution in [1.29, 1.82) is 0 Å². The number of carbonyl (C=O) groups excluding carboxylic acids is 2. The average molecular weight is 376 g/mol. The van der Waals surface area contributed by atoms with Crippen LogP contribution in [0.25, 0.3) is 0 Å². The maximum atomic E-state index is 13.4. The van der Waals surface area contributed by atoms with E-state index in [-0.39, 0.29) is 22.2 Å². The first-order valence-electron chi connectivity index (χ1n) is 6.35. The first kappa shape index (κ1) is 17.5. The second-order valence-corrected chi connectivity index (χ2v) is 5.73. The summed E-state index contributed by atoms with van der Waals surface area (Å²) < 4.78 is 13.4. The minimum Gasteiger partial charge on any atom is -0.343 e. The van der Waals surface area contributed by atoms with Crippen LogP contribution in [-0.2, 0) is 4.79 Å². The Morgan fingerprint density at radius 2 is 1.65 bits per heavy atom. The third kappa shape index (κ3) is 4.82. The minimum atomic E-state index is -0.771. The van der Waals surface area contributed by atoms with Gasteiger partial charge in [-0.2, -0.15) is 0 Å². The quantitative estimate of drug-likeness (QED) is 0.789. The number of nitrogens with one attached hydrogen (secondary N) is 2. The van der Waals surface area contributed by atoms with E-state index in [2.05, 4.69) is 10.6 Å². The number of hydrogen-bond donors (Lipinski definition) is 2. The Hall–Kier alpha value is -1.82. The molecule has 2 amide bonds. The molecule has 0 aliphatic rings. The molecule has 0 saturated carbocycles. The van der Waals surface area contributed by atoms with Crippen molar-refractivity contribution in [2.24, 2.45) is 0 Å². The molecule has 2 N–H and O–H groups in total. The third-order valence-corrected chi connectivity index (χ3v) is 3.65. The number of carbonyl (C=O) groups is 2. The van der Waals surface area contributed by atoms with Crippen molar-refractivity contribution in [3.8, 4) is 0 Å². The van der Waals surface area contributed by atoms with E-state index in [1.54, 1.807) is 24.3 Å². The van der Waals surface area contributed by atoms with Crippen LogP contribution in [0.15, 0.2) is 36.4 Å². The Kier molecular flexibility index (Phi) is 5.82. The molecule has 120 valence electrons. The maximum absolute atomic E-state index is 13.4. The molecule has 8 heteroatoms. The summed E-state index contributed by atoms with van der Waals surface area (Å²) in [6.07, 6.45) is 0. The molecule has 23 heavy (non-hydrogen) atoms. The zero-order valence-electron chi connectivity index (χ0n) is 11.5. The summed E-state index contributed by atoms with van der Waals surface area (Å²) in [4.78, 5) is 23.7. The molecule has 0 heterocycles. The number of benzene rings is 2. The van der Waals surface area contributed by atoms with Gasteiger partial charge in [0.2, 0.25) is 5.91 Å². The summed E-state index contributed by atoms with van der Waals surface area (Å²) in [6.45, 7) is -0.304. The van der Waals surface area contributed by atoms with Crippen LogP contribution >= 0.6 is 34.8 Å². The number of hydrogen-bond acceptors (Lipinski definition) is 2. The monoisotopic (exact) mass is 374 g/mol. The van der Waals surface area contributed by atoms with Gasteiger partial charge in [-0.1, -0.05) is 34.8 Å². The van der Waals surface area contributed by atoms with Gasteiger partial charge < -0.3 is 10.6 Å². The van der Waals surface area contributed by atoms with Gasteiger partial charge in [-0.05, 0) is 36.4 Å². The van der Waals surface area contributed by atoms with Gasteiger partial charge in [0.1, 0.15) is 5.82 Å². The zero-order valence-corrected chi connectivity index (χ0v) is 13.8. The zero-order chi connectivity index (χ0) is 17.0. The molecule has 0 atom stereocenters. The van der Waals surface area contributed by atoms with Gasteiger partial charge in [0, 0.05) is 10.7 Å². The maximum Gasteiger partial charge on any atom is 0.253 e. The summed E-state index contributed by atoms with van der Waals surface area (Å²) in [7, 11) is 0. The molecule has 0 bridgehead atoms. The van der Waals surface area contributed by atoms with Crippen LogP contribution in [0.1, 0.15) is 10.4 Å². The molecule has 2 aromatic rings. The molecule has 0 fully saturated rings. The highest BCUT2D eigenvalue weighted by Gasteiger charge is 2.15. The van der Waals surface area contributed by atoms with Gasteiger partial charge in [0.15, 0.2) is 0 Å². The van der Waals surface area contributed by atoms with E-state index < -0.39 is 17.6 Å². The summed E-state index contributed by atoms with van der Waals surface area (Å²) in [6, 6.07) is 8.51. The molecular formula is C15H10Cl3FN2O2. The summed E-state index contributed by atoms with van der Waals surface area (Å²) in [5, 5.41) is 5.26. The average Bonchev–Trinajstić information content (AvgIpc) is 2.51. The topological polar surface area (TPSA) is 58.2 Å². The normalized spacial score (nSPS) is 10.3. The molecule has 0 unspecified atom stereocenters. The SMILES string of the molecule is O=C(CNC(=O)c1cc(F)c(Cl)cc1Cl)Nc1ccc(Cl)cc1. The fourth-order valence-corrected chi connectivity index (χ4v) is 2.29. The molecular weight excluding hydrogens is 366 g/mol. The molecule has 0 aliphatic carbocycles. The number of anilines is 1. The van der Waals surface area contributed by atoms with E-state index in [1.165, 1.54) is 0 Å². The number of halogens is 4. The van der Waals surface area contributed by atoms with Crippen LogP contribution in [0.3, 0.4) is 0 Å². The van der Waals surface area contributed by atoms with Gasteiger partial charge >= 0.3 is 0 Å². The van der Waals surface area contributed by atoms with Gasteiger partial charge in [-0.15, -0.1) is 0 Å². The molecule has 0 spiro atoms. The first-order valence-corrected chi connectivity index (χ1v) is 7.48. The predicted octanol–water partition coefficient (Wildman–Crippen LogP) is 4.15. The van der Waals surface area contributed by atoms with Crippen LogP contribution in [0.2, 0.25) is 15.1 Å². The van der Waals surface area contributed by atoms with Crippen LogP contribution in [0.5, 0.6) is 0 Å². The highest BCUT2D eigenvalue weighted by molar-refractivity contribution is 6.36. The lowest BCUT2D eigenvalue weighted by Gasteiger charge is -2.08. The Bertz CT molecular complexity index is 751. The lowest BCUT2D eigenvalue weighted by atomic mass is 10.2. The Morgan fingerprint density at radius 1 is 1.00 bits per heavy atom. The second kappa shape index (κ2) is 7.64. The fraction of sp³-hybridized carbons (Fsp3) is 0.0667. The Labute approximate surface area is 146 Å². The van der Waals surface area contributed by atoms with Crippen molar-refractivity contribution in [1.82, 2.24) is 5.32 Å². The number of amides is 2. The summed E-state index contributed by atoms with van der Waals surface area (Å²) in [5.41, 5.74) is 0.428. The lowest BCUT2D eigenvalue weighted by molar-refractivity contribution is -0.115.